The van der Waals surface area contributed by atoms with Gasteiger partial charge in [0.15, 0.2) is 0 Å². The lowest BCUT2D eigenvalue weighted by molar-refractivity contribution is 0.614. The van der Waals surface area contributed by atoms with Gasteiger partial charge >= 0.3 is 0 Å². The van der Waals surface area contributed by atoms with E-state index >= 15 is 0 Å². The van der Waals surface area contributed by atoms with Crippen LogP contribution >= 0.6 is 11.6 Å². The molecule has 0 aliphatic rings. The highest BCUT2D eigenvalue weighted by Crippen LogP contribution is 2.18. The zero-order valence-corrected chi connectivity index (χ0v) is 8.03. The quantitative estimate of drug-likeness (QED) is 0.621. The number of hydrogen-bond acceptors (Lipinski definition) is 0. The molecule has 2 heteroatoms. The number of hydrogen-bond donors (Lipinski definition) is 0. The standard InChI is InChI=1S/C10H12ClF/c1-7-3-4-9(5-10(7)12)8(2)6-11/h3-5,8H,6H2,1-2H3. The van der Waals surface area contributed by atoms with Crippen LogP contribution < -0.4 is 0 Å². The lowest BCUT2D eigenvalue weighted by Gasteiger charge is -2.08. The predicted molar refractivity (Wildman–Crippen MR) is 50.3 cm³/mol. The molecule has 66 valence electrons. The molecule has 0 aliphatic heterocycles. The van der Waals surface area contributed by atoms with Crippen molar-refractivity contribution in [3.63, 3.8) is 0 Å². The van der Waals surface area contributed by atoms with Gasteiger partial charge in [-0.05, 0) is 30.0 Å². The van der Waals surface area contributed by atoms with Crippen LogP contribution in [0.5, 0.6) is 0 Å². The molecule has 0 saturated carbocycles. The average molecular weight is 187 g/mol. The first-order chi connectivity index (χ1) is 5.65. The van der Waals surface area contributed by atoms with Gasteiger partial charge in [0.1, 0.15) is 5.82 Å². The van der Waals surface area contributed by atoms with Gasteiger partial charge in [-0.2, -0.15) is 0 Å². The molecule has 0 amide bonds. The number of benzene rings is 1. The smallest absolute Gasteiger partial charge is 0.126 e. The van der Waals surface area contributed by atoms with E-state index in [9.17, 15) is 4.39 Å². The van der Waals surface area contributed by atoms with Gasteiger partial charge in [0.2, 0.25) is 0 Å². The van der Waals surface area contributed by atoms with E-state index in [0.29, 0.717) is 11.4 Å². The molecule has 1 aromatic carbocycles. The molecule has 0 heterocycles. The zero-order chi connectivity index (χ0) is 9.14. The number of halogens is 2. The third kappa shape index (κ3) is 1.98. The van der Waals surface area contributed by atoms with E-state index in [1.54, 1.807) is 19.1 Å². The van der Waals surface area contributed by atoms with Crippen LogP contribution in [-0.4, -0.2) is 5.88 Å². The van der Waals surface area contributed by atoms with Crippen molar-refractivity contribution in [3.8, 4) is 0 Å². The summed E-state index contributed by atoms with van der Waals surface area (Å²) in [5.41, 5.74) is 1.65. The Hall–Kier alpha value is -0.560. The van der Waals surface area contributed by atoms with Crippen molar-refractivity contribution < 1.29 is 4.39 Å². The van der Waals surface area contributed by atoms with Gasteiger partial charge in [-0.3, -0.25) is 0 Å². The van der Waals surface area contributed by atoms with E-state index in [1.807, 2.05) is 13.0 Å². The molecule has 0 fully saturated rings. The van der Waals surface area contributed by atoms with Crippen LogP contribution in [-0.2, 0) is 0 Å². The fraction of sp³-hybridized carbons (Fsp3) is 0.400. The van der Waals surface area contributed by atoms with Gasteiger partial charge in [0.25, 0.3) is 0 Å². The SMILES string of the molecule is Cc1ccc(C(C)CCl)cc1F. The van der Waals surface area contributed by atoms with E-state index in [-0.39, 0.29) is 11.7 Å². The fourth-order valence-electron chi connectivity index (χ4n) is 1.00. The third-order valence-electron chi connectivity index (χ3n) is 2.00. The predicted octanol–water partition coefficient (Wildman–Crippen LogP) is 3.48. The summed E-state index contributed by atoms with van der Waals surface area (Å²) < 4.78 is 13.0. The monoisotopic (exact) mass is 186 g/mol. The summed E-state index contributed by atoms with van der Waals surface area (Å²) in [4.78, 5) is 0. The van der Waals surface area contributed by atoms with E-state index in [4.69, 9.17) is 11.6 Å². The van der Waals surface area contributed by atoms with E-state index in [0.717, 1.165) is 5.56 Å². The summed E-state index contributed by atoms with van der Waals surface area (Å²) in [6, 6.07) is 5.27. The second-order valence-corrected chi connectivity index (χ2v) is 3.37. The Morgan fingerprint density at radius 3 is 2.67 bits per heavy atom. The van der Waals surface area contributed by atoms with Crippen LogP contribution in [0.3, 0.4) is 0 Å². The summed E-state index contributed by atoms with van der Waals surface area (Å²) in [6.07, 6.45) is 0. The Balaban J connectivity index is 2.96. The second-order valence-electron chi connectivity index (χ2n) is 3.06. The van der Waals surface area contributed by atoms with Gasteiger partial charge in [-0.15, -0.1) is 11.6 Å². The van der Waals surface area contributed by atoms with Crippen molar-refractivity contribution >= 4 is 11.6 Å². The van der Waals surface area contributed by atoms with Crippen molar-refractivity contribution in [2.75, 3.05) is 5.88 Å². The maximum absolute atomic E-state index is 13.0. The minimum atomic E-state index is -0.149. The van der Waals surface area contributed by atoms with Gasteiger partial charge in [-0.25, -0.2) is 4.39 Å². The Labute approximate surface area is 77.4 Å². The number of rotatable bonds is 2. The third-order valence-corrected chi connectivity index (χ3v) is 2.46. The summed E-state index contributed by atoms with van der Waals surface area (Å²) in [7, 11) is 0. The van der Waals surface area contributed by atoms with E-state index < -0.39 is 0 Å². The summed E-state index contributed by atoms with van der Waals surface area (Å²) in [6.45, 7) is 3.74. The summed E-state index contributed by atoms with van der Waals surface area (Å²) in [5.74, 6) is 0.605. The Morgan fingerprint density at radius 1 is 1.50 bits per heavy atom. The zero-order valence-electron chi connectivity index (χ0n) is 7.27. The van der Waals surface area contributed by atoms with Crippen LogP contribution in [0.2, 0.25) is 0 Å². The molecule has 1 unspecified atom stereocenters. The van der Waals surface area contributed by atoms with E-state index in [2.05, 4.69) is 0 Å². The Kier molecular flexibility index (Phi) is 3.10. The molecule has 1 atom stereocenters. The van der Waals surface area contributed by atoms with Crippen LogP contribution in [0.15, 0.2) is 18.2 Å². The summed E-state index contributed by atoms with van der Waals surface area (Å²) in [5, 5.41) is 0. The average Bonchev–Trinajstić information content (AvgIpc) is 2.08. The number of alkyl halides is 1. The molecule has 0 saturated heterocycles. The maximum atomic E-state index is 13.0. The van der Waals surface area contributed by atoms with Gasteiger partial charge < -0.3 is 0 Å². The molecule has 0 nitrogen and oxygen atoms in total. The highest BCUT2D eigenvalue weighted by Gasteiger charge is 2.05. The molecule has 0 spiro atoms. The molecular formula is C10H12ClF. The lowest BCUT2D eigenvalue weighted by atomic mass is 10.0. The molecule has 0 bridgehead atoms. The van der Waals surface area contributed by atoms with E-state index in [1.165, 1.54) is 0 Å². The number of aryl methyl sites for hydroxylation is 1. The van der Waals surface area contributed by atoms with Crippen molar-refractivity contribution in [2.24, 2.45) is 0 Å². The van der Waals surface area contributed by atoms with Gasteiger partial charge in [0, 0.05) is 5.88 Å². The molecule has 0 N–H and O–H groups in total. The Bertz CT molecular complexity index is 271. The normalized spacial score (nSPS) is 13.0. The van der Waals surface area contributed by atoms with Crippen molar-refractivity contribution in [1.29, 1.82) is 0 Å². The maximum Gasteiger partial charge on any atom is 0.126 e. The highest BCUT2D eigenvalue weighted by molar-refractivity contribution is 6.18. The molecule has 12 heavy (non-hydrogen) atoms. The van der Waals surface area contributed by atoms with Gasteiger partial charge in [0.05, 0.1) is 0 Å². The topological polar surface area (TPSA) is 0 Å². The molecule has 0 aromatic heterocycles. The van der Waals surface area contributed by atoms with Crippen LogP contribution in [0.1, 0.15) is 24.0 Å². The molecular weight excluding hydrogens is 175 g/mol. The first-order valence-electron chi connectivity index (χ1n) is 3.97. The molecule has 0 radical (unpaired) electrons. The molecule has 1 rings (SSSR count). The lowest BCUT2D eigenvalue weighted by Crippen LogP contribution is -1.96. The van der Waals surface area contributed by atoms with Gasteiger partial charge in [-0.1, -0.05) is 19.1 Å². The van der Waals surface area contributed by atoms with Crippen molar-refractivity contribution in [3.05, 3.63) is 35.1 Å². The minimum absolute atomic E-state index is 0.149. The first-order valence-corrected chi connectivity index (χ1v) is 4.50. The summed E-state index contributed by atoms with van der Waals surface area (Å²) >= 11 is 5.66. The molecule has 1 aromatic rings. The molecule has 0 aliphatic carbocycles. The minimum Gasteiger partial charge on any atom is -0.207 e. The fourth-order valence-corrected chi connectivity index (χ4v) is 1.18. The highest BCUT2D eigenvalue weighted by atomic mass is 35.5. The van der Waals surface area contributed by atoms with Crippen LogP contribution in [0.25, 0.3) is 0 Å². The van der Waals surface area contributed by atoms with Crippen molar-refractivity contribution in [1.82, 2.24) is 0 Å². The Morgan fingerprint density at radius 2 is 2.17 bits per heavy atom. The van der Waals surface area contributed by atoms with Crippen LogP contribution in [0.4, 0.5) is 4.39 Å². The van der Waals surface area contributed by atoms with Crippen LogP contribution in [0, 0.1) is 12.7 Å². The van der Waals surface area contributed by atoms with Crippen molar-refractivity contribution in [2.45, 2.75) is 19.8 Å². The first kappa shape index (κ1) is 9.53. The largest absolute Gasteiger partial charge is 0.207 e. The second kappa shape index (κ2) is 3.90.